The van der Waals surface area contributed by atoms with Crippen molar-refractivity contribution in [1.82, 2.24) is 10.2 Å². The van der Waals surface area contributed by atoms with Gasteiger partial charge in [-0.2, -0.15) is 0 Å². The highest BCUT2D eigenvalue weighted by molar-refractivity contribution is 8.00. The minimum atomic E-state index is -0.555. The standard InChI is InChI=1S/C20H20N2O4S/c1-3-25-19(23)18(15-7-5-4-6-8-15)27-20-22-21-17(26-20)13-14-9-11-16(24-2)12-10-14/h4-12,18H,3,13H2,1-2H3. The predicted molar refractivity (Wildman–Crippen MR) is 102 cm³/mol. The lowest BCUT2D eigenvalue weighted by Crippen LogP contribution is -2.13. The Balaban J connectivity index is 1.72. The molecule has 0 fully saturated rings. The second-order valence-electron chi connectivity index (χ2n) is 5.65. The van der Waals surface area contributed by atoms with E-state index in [1.165, 1.54) is 11.8 Å². The summed E-state index contributed by atoms with van der Waals surface area (Å²) in [7, 11) is 1.63. The number of benzene rings is 2. The molecule has 3 aromatic rings. The van der Waals surface area contributed by atoms with Crippen molar-refractivity contribution in [2.45, 2.75) is 23.8 Å². The molecular weight excluding hydrogens is 364 g/mol. The van der Waals surface area contributed by atoms with Crippen LogP contribution in [-0.2, 0) is 16.0 Å². The van der Waals surface area contributed by atoms with Crippen LogP contribution in [-0.4, -0.2) is 29.9 Å². The van der Waals surface area contributed by atoms with E-state index in [1.54, 1.807) is 14.0 Å². The number of carbonyl (C=O) groups excluding carboxylic acids is 1. The summed E-state index contributed by atoms with van der Waals surface area (Å²) >= 11 is 1.19. The Bertz CT molecular complexity index is 865. The molecule has 0 bridgehead atoms. The zero-order valence-electron chi connectivity index (χ0n) is 15.1. The molecule has 0 saturated carbocycles. The third-order valence-electron chi connectivity index (χ3n) is 3.78. The fraction of sp³-hybridized carbons (Fsp3) is 0.250. The number of esters is 1. The van der Waals surface area contributed by atoms with Crippen LogP contribution in [0.5, 0.6) is 5.75 Å². The van der Waals surface area contributed by atoms with E-state index in [0.717, 1.165) is 16.9 Å². The molecule has 6 nitrogen and oxygen atoms in total. The van der Waals surface area contributed by atoms with Gasteiger partial charge >= 0.3 is 5.97 Å². The lowest BCUT2D eigenvalue weighted by atomic mass is 10.1. The Kier molecular flexibility index (Phi) is 6.49. The Morgan fingerprint density at radius 1 is 1.11 bits per heavy atom. The molecule has 0 saturated heterocycles. The molecule has 3 rings (SSSR count). The Morgan fingerprint density at radius 3 is 2.52 bits per heavy atom. The highest BCUT2D eigenvalue weighted by atomic mass is 32.2. The maximum atomic E-state index is 12.4. The zero-order chi connectivity index (χ0) is 19.1. The van der Waals surface area contributed by atoms with Crippen molar-refractivity contribution in [3.05, 3.63) is 71.6 Å². The van der Waals surface area contributed by atoms with Crippen molar-refractivity contribution in [3.63, 3.8) is 0 Å². The first-order valence-corrected chi connectivity index (χ1v) is 9.41. The van der Waals surface area contributed by atoms with Crippen LogP contribution in [0.3, 0.4) is 0 Å². The number of rotatable bonds is 8. The Labute approximate surface area is 161 Å². The Morgan fingerprint density at radius 2 is 1.85 bits per heavy atom. The van der Waals surface area contributed by atoms with Crippen LogP contribution in [0.1, 0.15) is 29.2 Å². The average Bonchev–Trinajstić information content (AvgIpc) is 3.14. The lowest BCUT2D eigenvalue weighted by molar-refractivity contribution is -0.142. The van der Waals surface area contributed by atoms with Crippen molar-refractivity contribution in [2.75, 3.05) is 13.7 Å². The SMILES string of the molecule is CCOC(=O)C(Sc1nnc(Cc2ccc(OC)cc2)o1)c1ccccc1. The molecule has 27 heavy (non-hydrogen) atoms. The molecule has 7 heteroatoms. The van der Waals surface area contributed by atoms with E-state index >= 15 is 0 Å². The minimum absolute atomic E-state index is 0.315. The molecule has 1 heterocycles. The summed E-state index contributed by atoms with van der Waals surface area (Å²) in [6.45, 7) is 2.10. The lowest BCUT2D eigenvalue weighted by Gasteiger charge is -2.13. The quantitative estimate of drug-likeness (QED) is 0.428. The summed E-state index contributed by atoms with van der Waals surface area (Å²) < 4.78 is 16.1. The minimum Gasteiger partial charge on any atom is -0.497 e. The number of hydrogen-bond acceptors (Lipinski definition) is 7. The summed E-state index contributed by atoms with van der Waals surface area (Å²) in [6.07, 6.45) is 0.507. The van der Waals surface area contributed by atoms with Gasteiger partial charge in [-0.05, 0) is 41.9 Å². The van der Waals surface area contributed by atoms with Gasteiger partial charge in [0.15, 0.2) is 0 Å². The summed E-state index contributed by atoms with van der Waals surface area (Å²) in [5, 5.41) is 7.93. The van der Waals surface area contributed by atoms with Gasteiger partial charge in [0.2, 0.25) is 5.89 Å². The molecule has 0 amide bonds. The first-order chi connectivity index (χ1) is 13.2. The van der Waals surface area contributed by atoms with Crippen LogP contribution in [0.4, 0.5) is 0 Å². The number of carbonyl (C=O) groups is 1. The summed E-state index contributed by atoms with van der Waals surface area (Å²) in [4.78, 5) is 12.4. The van der Waals surface area contributed by atoms with E-state index in [-0.39, 0.29) is 5.97 Å². The second kappa shape index (κ2) is 9.23. The largest absolute Gasteiger partial charge is 0.497 e. The van der Waals surface area contributed by atoms with Crippen LogP contribution in [0.2, 0.25) is 0 Å². The predicted octanol–water partition coefficient (Wildman–Crippen LogP) is 4.07. The van der Waals surface area contributed by atoms with E-state index in [1.807, 2.05) is 54.6 Å². The van der Waals surface area contributed by atoms with Gasteiger partial charge < -0.3 is 13.9 Å². The number of methoxy groups -OCH3 is 1. The zero-order valence-corrected chi connectivity index (χ0v) is 15.9. The van der Waals surface area contributed by atoms with Crippen molar-refractivity contribution < 1.29 is 18.7 Å². The van der Waals surface area contributed by atoms with Crippen molar-refractivity contribution in [2.24, 2.45) is 0 Å². The van der Waals surface area contributed by atoms with Gasteiger partial charge in [0.05, 0.1) is 20.1 Å². The van der Waals surface area contributed by atoms with Crippen LogP contribution in [0.25, 0.3) is 0 Å². The third kappa shape index (κ3) is 5.10. The van der Waals surface area contributed by atoms with E-state index in [4.69, 9.17) is 13.9 Å². The highest BCUT2D eigenvalue weighted by Gasteiger charge is 2.26. The summed E-state index contributed by atoms with van der Waals surface area (Å²) in [5.41, 5.74) is 1.86. The molecule has 0 spiro atoms. The fourth-order valence-corrected chi connectivity index (χ4v) is 3.37. The molecule has 0 aliphatic carbocycles. The number of ether oxygens (including phenoxy) is 2. The molecule has 1 unspecified atom stereocenters. The van der Waals surface area contributed by atoms with Gasteiger partial charge in [-0.25, -0.2) is 0 Å². The molecular formula is C20H20N2O4S. The van der Waals surface area contributed by atoms with Crippen LogP contribution >= 0.6 is 11.8 Å². The van der Waals surface area contributed by atoms with E-state index in [9.17, 15) is 4.79 Å². The molecule has 1 atom stereocenters. The van der Waals surface area contributed by atoms with Crippen molar-refractivity contribution >= 4 is 17.7 Å². The smallest absolute Gasteiger partial charge is 0.324 e. The van der Waals surface area contributed by atoms with E-state index in [0.29, 0.717) is 24.1 Å². The van der Waals surface area contributed by atoms with E-state index in [2.05, 4.69) is 10.2 Å². The van der Waals surface area contributed by atoms with Gasteiger partial charge in [0, 0.05) is 0 Å². The van der Waals surface area contributed by atoms with Gasteiger partial charge in [-0.1, -0.05) is 42.5 Å². The second-order valence-corrected chi connectivity index (χ2v) is 6.70. The van der Waals surface area contributed by atoms with E-state index < -0.39 is 5.25 Å². The first kappa shape index (κ1) is 19.0. The van der Waals surface area contributed by atoms with Gasteiger partial charge in [0.1, 0.15) is 11.0 Å². The fourth-order valence-electron chi connectivity index (χ4n) is 2.47. The van der Waals surface area contributed by atoms with Crippen LogP contribution < -0.4 is 4.74 Å². The van der Waals surface area contributed by atoms with Crippen LogP contribution in [0, 0.1) is 0 Å². The Hall–Kier alpha value is -2.80. The maximum Gasteiger partial charge on any atom is 0.324 e. The molecule has 0 aliphatic heterocycles. The van der Waals surface area contributed by atoms with Gasteiger partial charge in [-0.3, -0.25) is 4.79 Å². The van der Waals surface area contributed by atoms with Gasteiger partial charge in [-0.15, -0.1) is 10.2 Å². The topological polar surface area (TPSA) is 74.5 Å². The maximum absolute atomic E-state index is 12.4. The monoisotopic (exact) mass is 384 g/mol. The average molecular weight is 384 g/mol. The summed E-state index contributed by atoms with van der Waals surface area (Å²) in [6, 6.07) is 17.1. The highest BCUT2D eigenvalue weighted by Crippen LogP contribution is 2.35. The first-order valence-electron chi connectivity index (χ1n) is 8.53. The molecule has 1 aromatic heterocycles. The molecule has 0 aliphatic rings. The number of hydrogen-bond donors (Lipinski definition) is 0. The third-order valence-corrected chi connectivity index (χ3v) is 4.85. The van der Waals surface area contributed by atoms with Crippen molar-refractivity contribution in [1.29, 1.82) is 0 Å². The van der Waals surface area contributed by atoms with Crippen molar-refractivity contribution in [3.8, 4) is 5.75 Å². The summed E-state index contributed by atoms with van der Waals surface area (Å²) in [5.74, 6) is 0.947. The normalized spacial score (nSPS) is 11.8. The number of thioether (sulfide) groups is 1. The molecule has 2 aromatic carbocycles. The number of nitrogens with zero attached hydrogens (tertiary/aromatic N) is 2. The van der Waals surface area contributed by atoms with Crippen LogP contribution in [0.15, 0.2) is 64.2 Å². The molecule has 0 N–H and O–H groups in total. The molecule has 0 radical (unpaired) electrons. The molecule has 140 valence electrons. The number of aromatic nitrogens is 2. The van der Waals surface area contributed by atoms with Gasteiger partial charge in [0.25, 0.3) is 5.22 Å².